The molecule has 1 heterocycles. The van der Waals surface area contributed by atoms with Crippen LogP contribution in [0.25, 0.3) is 11.1 Å². The van der Waals surface area contributed by atoms with Crippen molar-refractivity contribution in [2.75, 3.05) is 33.9 Å². The summed E-state index contributed by atoms with van der Waals surface area (Å²) in [4.78, 5) is 95.9. The Bertz CT molecular complexity index is 1980. The van der Waals surface area contributed by atoms with Gasteiger partial charge in [-0.3, -0.25) is 33.6 Å². The van der Waals surface area contributed by atoms with E-state index in [2.05, 4.69) is 33.5 Å². The van der Waals surface area contributed by atoms with E-state index in [1.54, 1.807) is 0 Å². The Morgan fingerprint density at radius 1 is 0.746 bits per heavy atom. The molecule has 0 radical (unpaired) electrons. The van der Waals surface area contributed by atoms with Crippen molar-refractivity contribution >= 4 is 41.4 Å². The standard InChI is InChI=1S/C48H74N8O11/c1-6-7-8-9-10-11-12-13-14-15-16-17-18-19-41(61)55(4)37(28-57)47(66)51-30(2)44(63)50-27-42(62)56(5)43-33-21-23-39(60)35(26-33)34-24-32(20-22-38(34)59)25-36(46(65)54-40(49)29-58)53-45(64)31(3)52-48(43)67/h20-24,26,30-31,36-37,40,43,57-60H,6-19,25,27-29,49H2,1-5H3,(H,50,63)(H,51,66)(H,52,67)(H,53,64)(H,54,65). The third-order valence-electron chi connectivity index (χ3n) is 12.1. The summed E-state index contributed by atoms with van der Waals surface area (Å²) in [5.74, 6) is -5.60. The highest BCUT2D eigenvalue weighted by Crippen LogP contribution is 2.38. The Kier molecular flexibility index (Phi) is 23.5. The number of nitrogens with zero attached hydrogens (tertiary/aromatic N) is 2. The minimum Gasteiger partial charge on any atom is -0.507 e. The van der Waals surface area contributed by atoms with E-state index in [0.29, 0.717) is 12.0 Å². The van der Waals surface area contributed by atoms with Gasteiger partial charge in [-0.25, -0.2) is 0 Å². The number of aliphatic hydroxyl groups is 2. The van der Waals surface area contributed by atoms with Crippen LogP contribution in [0.2, 0.25) is 0 Å². The van der Waals surface area contributed by atoms with Crippen molar-refractivity contribution in [1.82, 2.24) is 36.4 Å². The van der Waals surface area contributed by atoms with Crippen molar-refractivity contribution in [2.24, 2.45) is 5.73 Å². The Morgan fingerprint density at radius 3 is 1.90 bits per heavy atom. The van der Waals surface area contributed by atoms with Crippen LogP contribution in [0, 0.1) is 0 Å². The summed E-state index contributed by atoms with van der Waals surface area (Å²) >= 11 is 0. The highest BCUT2D eigenvalue weighted by Gasteiger charge is 2.34. The van der Waals surface area contributed by atoms with E-state index in [4.69, 9.17) is 5.73 Å². The molecule has 0 aliphatic carbocycles. The molecule has 1 aliphatic heterocycles. The quantitative estimate of drug-likeness (QED) is 0.0506. The summed E-state index contributed by atoms with van der Waals surface area (Å²) in [5, 5.41) is 53.8. The first kappa shape index (κ1) is 55.5. The van der Waals surface area contributed by atoms with Crippen molar-refractivity contribution in [3.63, 3.8) is 0 Å². The molecule has 19 heteroatoms. The molecular weight excluding hydrogens is 865 g/mol. The molecule has 2 aromatic rings. The fraction of sp³-hybridized carbons (Fsp3) is 0.604. The number of phenolic OH excluding ortho intramolecular Hbond substituents is 2. The molecule has 0 aromatic heterocycles. The van der Waals surface area contributed by atoms with E-state index in [9.17, 15) is 54.0 Å². The molecular formula is C48H74N8O11. The van der Waals surface area contributed by atoms with E-state index >= 15 is 0 Å². The van der Waals surface area contributed by atoms with Gasteiger partial charge in [0.05, 0.1) is 19.8 Å². The van der Waals surface area contributed by atoms with Gasteiger partial charge < -0.3 is 62.5 Å². The van der Waals surface area contributed by atoms with Crippen LogP contribution in [0.5, 0.6) is 11.5 Å². The van der Waals surface area contributed by atoms with E-state index in [1.165, 1.54) is 122 Å². The van der Waals surface area contributed by atoms with Gasteiger partial charge in [0.2, 0.25) is 41.4 Å². The maximum absolute atomic E-state index is 14.0. The highest BCUT2D eigenvalue weighted by molar-refractivity contribution is 5.97. The molecule has 19 nitrogen and oxygen atoms in total. The Hall–Kier alpha value is -5.79. The number of hydrogen-bond donors (Lipinski definition) is 10. The largest absolute Gasteiger partial charge is 0.507 e. The predicted molar refractivity (Wildman–Crippen MR) is 252 cm³/mol. The van der Waals surface area contributed by atoms with Crippen LogP contribution >= 0.6 is 0 Å². The molecule has 11 N–H and O–H groups in total. The first-order valence-corrected chi connectivity index (χ1v) is 23.6. The fourth-order valence-electron chi connectivity index (χ4n) is 7.83. The molecule has 0 saturated heterocycles. The van der Waals surface area contributed by atoms with Gasteiger partial charge in [-0.05, 0) is 55.7 Å². The lowest BCUT2D eigenvalue weighted by Gasteiger charge is -2.30. The van der Waals surface area contributed by atoms with Crippen LogP contribution < -0.4 is 32.3 Å². The zero-order chi connectivity index (χ0) is 49.6. The number of hydrogen-bond acceptors (Lipinski definition) is 12. The smallest absolute Gasteiger partial charge is 0.248 e. The lowest BCUT2D eigenvalue weighted by molar-refractivity contribution is -0.142. The monoisotopic (exact) mass is 939 g/mol. The maximum atomic E-state index is 14.0. The third kappa shape index (κ3) is 17.4. The van der Waals surface area contributed by atoms with E-state index in [1.807, 2.05) is 0 Å². The lowest BCUT2D eigenvalue weighted by Crippen LogP contribution is -2.57. The minimum atomic E-state index is -1.48. The summed E-state index contributed by atoms with van der Waals surface area (Å²) in [7, 11) is 2.70. The van der Waals surface area contributed by atoms with Gasteiger partial charge in [-0.1, -0.05) is 96.1 Å². The number of carbonyl (C=O) groups excluding carboxylic acids is 7. The second-order valence-corrected chi connectivity index (χ2v) is 17.5. The number of amides is 7. The van der Waals surface area contributed by atoms with Gasteiger partial charge in [0.25, 0.3) is 0 Å². The Balaban J connectivity index is 1.64. The van der Waals surface area contributed by atoms with Crippen LogP contribution in [-0.2, 0) is 40.0 Å². The molecule has 0 fully saturated rings. The van der Waals surface area contributed by atoms with E-state index in [-0.39, 0.29) is 46.9 Å². The number of benzene rings is 2. The van der Waals surface area contributed by atoms with E-state index in [0.717, 1.165) is 29.1 Å². The summed E-state index contributed by atoms with van der Waals surface area (Å²) in [5.41, 5.74) is 6.48. The molecule has 6 unspecified atom stereocenters. The Morgan fingerprint density at radius 2 is 1.31 bits per heavy atom. The average Bonchev–Trinajstić information content (AvgIpc) is 3.30. The third-order valence-corrected chi connectivity index (χ3v) is 12.1. The van der Waals surface area contributed by atoms with Gasteiger partial charge >= 0.3 is 0 Å². The number of carbonyl (C=O) groups is 7. The molecule has 0 spiro atoms. The van der Waals surface area contributed by atoms with Crippen LogP contribution in [0.15, 0.2) is 36.4 Å². The van der Waals surface area contributed by atoms with Crippen molar-refractivity contribution in [2.45, 2.75) is 153 Å². The van der Waals surface area contributed by atoms with Crippen molar-refractivity contribution in [3.8, 4) is 22.6 Å². The Labute approximate surface area is 394 Å². The lowest BCUT2D eigenvalue weighted by atomic mass is 9.93. The second kappa shape index (κ2) is 28.4. The van der Waals surface area contributed by atoms with Crippen LogP contribution in [-0.4, -0.2) is 136 Å². The number of unbranched alkanes of at least 4 members (excludes halogenated alkanes) is 12. The molecule has 7 amide bonds. The fourth-order valence-corrected chi connectivity index (χ4v) is 7.83. The number of rotatable bonds is 25. The number of nitrogens with two attached hydrogens (primary N) is 1. The number of phenols is 2. The highest BCUT2D eigenvalue weighted by atomic mass is 16.3. The van der Waals surface area contributed by atoms with E-state index < -0.39 is 91.6 Å². The summed E-state index contributed by atoms with van der Waals surface area (Å²) < 4.78 is 0. The van der Waals surface area contributed by atoms with Crippen molar-refractivity contribution in [3.05, 3.63) is 47.5 Å². The minimum absolute atomic E-state index is 0.0685. The normalized spacial score (nSPS) is 17.4. The van der Waals surface area contributed by atoms with Crippen LogP contribution in [0.4, 0.5) is 0 Å². The maximum Gasteiger partial charge on any atom is 0.248 e. The van der Waals surface area contributed by atoms with Crippen molar-refractivity contribution < 1.29 is 54.0 Å². The SMILES string of the molecule is CCCCCCCCCCCCCCCC(=O)N(C)C(CO)C(=O)NC(C)C(=O)NCC(=O)N(C)C1C(=O)NC(C)C(=O)NC(C(=O)NC(N)CO)Cc2ccc(O)c(c2)-c2cc1ccc2O. The van der Waals surface area contributed by atoms with Crippen molar-refractivity contribution in [1.29, 1.82) is 0 Å². The number of nitrogens with one attached hydrogen (secondary N) is 5. The van der Waals surface area contributed by atoms with Gasteiger partial charge in [-0.2, -0.15) is 0 Å². The van der Waals surface area contributed by atoms with Gasteiger partial charge in [-0.15, -0.1) is 0 Å². The summed E-state index contributed by atoms with van der Waals surface area (Å²) in [6.07, 6.45) is 14.0. The zero-order valence-corrected chi connectivity index (χ0v) is 39.8. The van der Waals surface area contributed by atoms with Gasteiger partial charge in [0.1, 0.15) is 47.9 Å². The molecule has 0 saturated carbocycles. The number of likely N-dealkylation sites (N-methyl/N-ethyl adjacent to an activating group) is 2. The second-order valence-electron chi connectivity index (χ2n) is 17.5. The average molecular weight is 939 g/mol. The zero-order valence-electron chi connectivity index (χ0n) is 39.8. The summed E-state index contributed by atoms with van der Waals surface area (Å²) in [6.45, 7) is 3.01. The number of fused-ring (bicyclic) bond motifs is 5. The molecule has 4 bridgehead atoms. The van der Waals surface area contributed by atoms with Crippen LogP contribution in [0.3, 0.4) is 0 Å². The predicted octanol–water partition coefficient (Wildman–Crippen LogP) is 2.12. The first-order valence-electron chi connectivity index (χ1n) is 23.6. The van der Waals surface area contributed by atoms with Crippen LogP contribution in [0.1, 0.15) is 128 Å². The molecule has 2 aromatic carbocycles. The first-order chi connectivity index (χ1) is 31.9. The number of aromatic hydroxyl groups is 2. The van der Waals surface area contributed by atoms with Gasteiger partial charge in [0, 0.05) is 38.1 Å². The molecule has 1 aliphatic rings. The topological polar surface area (TPSA) is 293 Å². The van der Waals surface area contributed by atoms with Gasteiger partial charge in [0.15, 0.2) is 0 Å². The molecule has 67 heavy (non-hydrogen) atoms. The molecule has 3 rings (SSSR count). The number of aliphatic hydroxyl groups excluding tert-OH is 2. The molecule has 372 valence electrons. The summed E-state index contributed by atoms with van der Waals surface area (Å²) in [6, 6.07) is 1.87. The molecule has 6 atom stereocenters.